The summed E-state index contributed by atoms with van der Waals surface area (Å²) in [5.41, 5.74) is 6.78. The number of thiol groups is 1. The Labute approximate surface area is 204 Å². The highest BCUT2D eigenvalue weighted by molar-refractivity contribution is 7.80. The second-order valence-corrected chi connectivity index (χ2v) is 8.02. The highest BCUT2D eigenvalue weighted by Crippen LogP contribution is 2.19. The molecule has 14 heteroatoms. The third-order valence-corrected chi connectivity index (χ3v) is 5.44. The van der Waals surface area contributed by atoms with E-state index in [1.54, 1.807) is 30.5 Å². The van der Waals surface area contributed by atoms with E-state index in [4.69, 9.17) is 10.8 Å². The maximum absolute atomic E-state index is 12.8. The van der Waals surface area contributed by atoms with Gasteiger partial charge < -0.3 is 42.0 Å². The summed E-state index contributed by atoms with van der Waals surface area (Å²) in [7, 11) is 0. The molecule has 0 saturated carbocycles. The lowest BCUT2D eigenvalue weighted by molar-refractivity contribution is -0.143. The fourth-order valence-corrected chi connectivity index (χ4v) is 3.46. The van der Waals surface area contributed by atoms with Crippen molar-refractivity contribution in [1.82, 2.24) is 20.9 Å². The van der Waals surface area contributed by atoms with E-state index in [0.717, 1.165) is 10.9 Å². The molecule has 3 amide bonds. The van der Waals surface area contributed by atoms with Crippen LogP contribution in [0.4, 0.5) is 0 Å². The van der Waals surface area contributed by atoms with Crippen LogP contribution < -0.4 is 21.7 Å². The van der Waals surface area contributed by atoms with Crippen molar-refractivity contribution < 1.29 is 39.3 Å². The van der Waals surface area contributed by atoms with E-state index in [1.807, 2.05) is 0 Å². The van der Waals surface area contributed by atoms with E-state index in [-0.39, 0.29) is 12.2 Å². The number of para-hydroxylation sites is 1. The zero-order valence-corrected chi connectivity index (χ0v) is 19.3. The van der Waals surface area contributed by atoms with Gasteiger partial charge in [-0.05, 0) is 11.6 Å². The number of aromatic amines is 1. The number of carbonyl (C=O) groups excluding carboxylic acids is 3. The summed E-state index contributed by atoms with van der Waals surface area (Å²) in [4.78, 5) is 63.3. The van der Waals surface area contributed by atoms with Gasteiger partial charge in [0.15, 0.2) is 0 Å². The standard InChI is InChI=1S/C21H27N5O8S/c22-12(8-27)18(30)26-16(9-35)20(32)24-14(6-17(28)29)19(31)25-15(21(33)34)5-10-7-23-13-4-2-1-3-11(10)13/h1-4,7,12,14-16,23,27,35H,5-6,8-9,22H2,(H,24,32)(H,25,31)(H,26,30)(H,28,29)(H,33,34). The summed E-state index contributed by atoms with van der Waals surface area (Å²) in [6.45, 7) is -0.677. The fraction of sp³-hybridized carbons (Fsp3) is 0.381. The number of rotatable bonds is 13. The second-order valence-electron chi connectivity index (χ2n) is 7.65. The zero-order chi connectivity index (χ0) is 26.1. The molecule has 0 aliphatic carbocycles. The molecule has 2 aromatic rings. The predicted octanol–water partition coefficient (Wildman–Crippen LogP) is -2.03. The Morgan fingerprint density at radius 3 is 2.14 bits per heavy atom. The van der Waals surface area contributed by atoms with Gasteiger partial charge in [0.1, 0.15) is 24.2 Å². The summed E-state index contributed by atoms with van der Waals surface area (Å²) in [5.74, 6) is -5.85. The summed E-state index contributed by atoms with van der Waals surface area (Å²) in [5, 5.41) is 35.2. The van der Waals surface area contributed by atoms with Crippen molar-refractivity contribution in [1.29, 1.82) is 0 Å². The Kier molecular flexibility index (Phi) is 10.1. The van der Waals surface area contributed by atoms with Crippen LogP contribution in [0.3, 0.4) is 0 Å². The molecule has 1 heterocycles. The molecule has 4 atom stereocenters. The number of hydrogen-bond donors (Lipinski definition) is 9. The zero-order valence-electron chi connectivity index (χ0n) is 18.4. The lowest BCUT2D eigenvalue weighted by Gasteiger charge is -2.23. The number of fused-ring (bicyclic) bond motifs is 1. The van der Waals surface area contributed by atoms with Crippen molar-refractivity contribution >= 4 is 53.2 Å². The van der Waals surface area contributed by atoms with Crippen LogP contribution in [0, 0.1) is 0 Å². The summed E-state index contributed by atoms with van der Waals surface area (Å²) >= 11 is 3.96. The van der Waals surface area contributed by atoms with Gasteiger partial charge in [0.25, 0.3) is 0 Å². The van der Waals surface area contributed by atoms with Gasteiger partial charge in [0.2, 0.25) is 17.7 Å². The fourth-order valence-electron chi connectivity index (χ4n) is 3.20. The van der Waals surface area contributed by atoms with E-state index in [9.17, 15) is 34.2 Å². The number of aromatic nitrogens is 1. The van der Waals surface area contributed by atoms with Crippen LogP contribution >= 0.6 is 12.6 Å². The molecule has 0 bridgehead atoms. The second kappa shape index (κ2) is 12.7. The number of nitrogens with one attached hydrogen (secondary N) is 4. The maximum atomic E-state index is 12.8. The first kappa shape index (κ1) is 27.6. The first-order chi connectivity index (χ1) is 16.6. The van der Waals surface area contributed by atoms with Gasteiger partial charge in [0, 0.05) is 29.3 Å². The van der Waals surface area contributed by atoms with Crippen molar-refractivity contribution in [3.05, 3.63) is 36.0 Å². The highest BCUT2D eigenvalue weighted by Gasteiger charge is 2.31. The monoisotopic (exact) mass is 509 g/mol. The van der Waals surface area contributed by atoms with Crippen molar-refractivity contribution in [3.8, 4) is 0 Å². The molecule has 0 aliphatic rings. The molecule has 0 fully saturated rings. The van der Waals surface area contributed by atoms with Crippen LogP contribution in [-0.2, 0) is 30.4 Å². The van der Waals surface area contributed by atoms with Gasteiger partial charge in [-0.1, -0.05) is 18.2 Å². The number of nitrogens with two attached hydrogens (primary N) is 1. The largest absolute Gasteiger partial charge is 0.481 e. The molecule has 190 valence electrons. The Morgan fingerprint density at radius 1 is 0.943 bits per heavy atom. The van der Waals surface area contributed by atoms with Gasteiger partial charge in [-0.15, -0.1) is 0 Å². The number of hydrogen-bond acceptors (Lipinski definition) is 8. The molecule has 4 unspecified atom stereocenters. The number of aliphatic hydroxyl groups excluding tert-OH is 1. The molecular formula is C21H27N5O8S. The van der Waals surface area contributed by atoms with Crippen LogP contribution in [0.15, 0.2) is 30.5 Å². The van der Waals surface area contributed by atoms with Crippen LogP contribution in [-0.4, -0.2) is 86.5 Å². The molecule has 0 saturated heterocycles. The van der Waals surface area contributed by atoms with Crippen LogP contribution in [0.1, 0.15) is 12.0 Å². The van der Waals surface area contributed by atoms with Crippen LogP contribution in [0.2, 0.25) is 0 Å². The Balaban J connectivity index is 2.14. The molecule has 13 nitrogen and oxygen atoms in total. The Bertz CT molecular complexity index is 1090. The predicted molar refractivity (Wildman–Crippen MR) is 127 cm³/mol. The minimum Gasteiger partial charge on any atom is -0.481 e. The number of aliphatic carboxylic acids is 2. The lowest BCUT2D eigenvalue weighted by atomic mass is 10.0. The average Bonchev–Trinajstić information content (AvgIpc) is 3.23. The molecular weight excluding hydrogens is 482 g/mol. The van der Waals surface area contributed by atoms with E-state index in [1.165, 1.54) is 0 Å². The number of carboxylic acid groups (broad SMARTS) is 2. The number of aliphatic hydroxyl groups is 1. The minimum atomic E-state index is -1.64. The number of amides is 3. The Morgan fingerprint density at radius 2 is 1.54 bits per heavy atom. The maximum Gasteiger partial charge on any atom is 0.326 e. The van der Waals surface area contributed by atoms with Crippen molar-refractivity contribution in [2.24, 2.45) is 5.73 Å². The van der Waals surface area contributed by atoms with Crippen molar-refractivity contribution in [2.75, 3.05) is 12.4 Å². The van der Waals surface area contributed by atoms with E-state index >= 15 is 0 Å². The van der Waals surface area contributed by atoms with Crippen molar-refractivity contribution in [2.45, 2.75) is 37.0 Å². The molecule has 35 heavy (non-hydrogen) atoms. The number of carbonyl (C=O) groups is 5. The molecule has 2 rings (SSSR count). The van der Waals surface area contributed by atoms with Crippen LogP contribution in [0.25, 0.3) is 10.9 Å². The number of benzene rings is 1. The van der Waals surface area contributed by atoms with Gasteiger partial charge >= 0.3 is 11.9 Å². The van der Waals surface area contributed by atoms with E-state index < -0.39 is 66.9 Å². The molecule has 9 N–H and O–H groups in total. The first-order valence-corrected chi connectivity index (χ1v) is 11.1. The SMILES string of the molecule is NC(CO)C(=O)NC(CS)C(=O)NC(CC(=O)O)C(=O)NC(Cc1c[nH]c2ccccc12)C(=O)O. The van der Waals surface area contributed by atoms with Gasteiger partial charge in [0.05, 0.1) is 13.0 Å². The smallest absolute Gasteiger partial charge is 0.326 e. The number of carboxylic acids is 2. The topological polar surface area (TPSA) is 224 Å². The molecule has 1 aromatic carbocycles. The first-order valence-electron chi connectivity index (χ1n) is 10.4. The molecule has 1 aromatic heterocycles. The van der Waals surface area contributed by atoms with Gasteiger partial charge in [-0.3, -0.25) is 19.2 Å². The third kappa shape index (κ3) is 7.70. The summed E-state index contributed by atoms with van der Waals surface area (Å²) in [6, 6.07) is 1.50. The van der Waals surface area contributed by atoms with Gasteiger partial charge in [-0.2, -0.15) is 12.6 Å². The normalized spacial score (nSPS) is 14.4. The molecule has 0 aliphatic heterocycles. The van der Waals surface area contributed by atoms with Crippen molar-refractivity contribution in [3.63, 3.8) is 0 Å². The highest BCUT2D eigenvalue weighted by atomic mass is 32.1. The lowest BCUT2D eigenvalue weighted by Crippen LogP contribution is -2.58. The molecule has 0 radical (unpaired) electrons. The third-order valence-electron chi connectivity index (χ3n) is 5.07. The summed E-state index contributed by atoms with van der Waals surface area (Å²) < 4.78 is 0. The molecule has 0 spiro atoms. The minimum absolute atomic E-state index is 0.104. The number of H-pyrrole nitrogens is 1. The van der Waals surface area contributed by atoms with E-state index in [2.05, 4.69) is 33.6 Å². The summed E-state index contributed by atoms with van der Waals surface area (Å²) in [6.07, 6.45) is 0.661. The average molecular weight is 510 g/mol. The van der Waals surface area contributed by atoms with E-state index in [0.29, 0.717) is 5.56 Å². The van der Waals surface area contributed by atoms with Gasteiger partial charge in [-0.25, -0.2) is 4.79 Å². The Hall–Kier alpha value is -3.62. The quantitative estimate of drug-likeness (QED) is 0.136. The van der Waals surface area contributed by atoms with Crippen LogP contribution in [0.5, 0.6) is 0 Å².